The molecule has 0 saturated heterocycles. The molecule has 1 rings (SSSR count). The molecule has 1 unspecified atom stereocenters. The maximum atomic E-state index is 11.7. The normalized spacial score (nSPS) is 12.4. The van der Waals surface area contributed by atoms with E-state index < -0.39 is 0 Å². The minimum absolute atomic E-state index is 0.0547. The van der Waals surface area contributed by atoms with E-state index in [1.165, 1.54) is 0 Å². The summed E-state index contributed by atoms with van der Waals surface area (Å²) in [5.41, 5.74) is 0.719. The predicted molar refractivity (Wildman–Crippen MR) is 56.5 cm³/mol. The van der Waals surface area contributed by atoms with E-state index in [9.17, 15) is 4.79 Å². The average molecular weight is 192 g/mol. The lowest BCUT2D eigenvalue weighted by molar-refractivity contribution is 0.0479. The van der Waals surface area contributed by atoms with Gasteiger partial charge in [0, 0.05) is 12.2 Å². The Kier molecular flexibility index (Phi) is 4.33. The molecule has 0 amide bonds. The second kappa shape index (κ2) is 5.55. The molecular formula is C12H16O2. The standard InChI is InChI=1S/C12H16O2/c1-3-9-14-10(2)12(13)11-7-5-4-6-8-11/h4-8,10H,3,9H2,1-2H3. The van der Waals surface area contributed by atoms with Crippen molar-refractivity contribution in [2.24, 2.45) is 0 Å². The van der Waals surface area contributed by atoms with Gasteiger partial charge in [-0.3, -0.25) is 4.79 Å². The number of hydrogen-bond donors (Lipinski definition) is 0. The number of benzene rings is 1. The van der Waals surface area contributed by atoms with Crippen molar-refractivity contribution >= 4 is 5.78 Å². The molecule has 0 N–H and O–H groups in total. The van der Waals surface area contributed by atoms with Crippen molar-refractivity contribution in [3.8, 4) is 0 Å². The van der Waals surface area contributed by atoms with Crippen molar-refractivity contribution in [2.75, 3.05) is 6.61 Å². The molecule has 0 spiro atoms. The third-order valence-corrected chi connectivity index (χ3v) is 2.00. The molecule has 1 atom stereocenters. The lowest BCUT2D eigenvalue weighted by Gasteiger charge is -2.10. The van der Waals surface area contributed by atoms with Gasteiger partial charge in [0.25, 0.3) is 0 Å². The fourth-order valence-corrected chi connectivity index (χ4v) is 1.21. The molecular weight excluding hydrogens is 176 g/mol. The Bertz CT molecular complexity index is 280. The smallest absolute Gasteiger partial charge is 0.191 e. The molecule has 0 saturated carbocycles. The molecule has 76 valence electrons. The summed E-state index contributed by atoms with van der Waals surface area (Å²) in [6, 6.07) is 9.25. The highest BCUT2D eigenvalue weighted by molar-refractivity contribution is 5.99. The first kappa shape index (κ1) is 10.9. The SMILES string of the molecule is CCCOC(C)C(=O)c1ccccc1. The first-order valence-corrected chi connectivity index (χ1v) is 4.96. The van der Waals surface area contributed by atoms with Crippen LogP contribution in [-0.4, -0.2) is 18.5 Å². The second-order valence-corrected chi connectivity index (χ2v) is 3.24. The van der Waals surface area contributed by atoms with E-state index in [-0.39, 0.29) is 11.9 Å². The van der Waals surface area contributed by atoms with E-state index in [1.54, 1.807) is 6.92 Å². The number of carbonyl (C=O) groups is 1. The van der Waals surface area contributed by atoms with Gasteiger partial charge in [-0.2, -0.15) is 0 Å². The predicted octanol–water partition coefficient (Wildman–Crippen LogP) is 2.68. The number of hydrogen-bond acceptors (Lipinski definition) is 2. The second-order valence-electron chi connectivity index (χ2n) is 3.24. The molecule has 1 aromatic rings. The topological polar surface area (TPSA) is 26.3 Å². The summed E-state index contributed by atoms with van der Waals surface area (Å²) < 4.78 is 5.36. The van der Waals surface area contributed by atoms with Gasteiger partial charge in [0.05, 0.1) is 0 Å². The maximum absolute atomic E-state index is 11.7. The van der Waals surface area contributed by atoms with E-state index in [0.29, 0.717) is 6.61 Å². The van der Waals surface area contributed by atoms with Gasteiger partial charge in [0.1, 0.15) is 6.10 Å². The van der Waals surface area contributed by atoms with Crippen molar-refractivity contribution < 1.29 is 9.53 Å². The van der Waals surface area contributed by atoms with Gasteiger partial charge in [0.15, 0.2) is 5.78 Å². The Morgan fingerprint density at radius 3 is 2.57 bits per heavy atom. The summed E-state index contributed by atoms with van der Waals surface area (Å²) in [6.07, 6.45) is 0.601. The third kappa shape index (κ3) is 2.96. The molecule has 1 aromatic carbocycles. The summed E-state index contributed by atoms with van der Waals surface area (Å²) >= 11 is 0. The van der Waals surface area contributed by atoms with Crippen molar-refractivity contribution in [3.05, 3.63) is 35.9 Å². The highest BCUT2D eigenvalue weighted by Gasteiger charge is 2.14. The Labute approximate surface area is 84.9 Å². The Balaban J connectivity index is 2.57. The zero-order valence-electron chi connectivity index (χ0n) is 8.69. The van der Waals surface area contributed by atoms with Crippen LogP contribution in [0.3, 0.4) is 0 Å². The molecule has 2 heteroatoms. The fraction of sp³-hybridized carbons (Fsp3) is 0.417. The van der Waals surface area contributed by atoms with Crippen molar-refractivity contribution in [2.45, 2.75) is 26.4 Å². The fourth-order valence-electron chi connectivity index (χ4n) is 1.21. The maximum Gasteiger partial charge on any atom is 0.191 e. The third-order valence-electron chi connectivity index (χ3n) is 2.00. The highest BCUT2D eigenvalue weighted by Crippen LogP contribution is 2.06. The Morgan fingerprint density at radius 1 is 1.36 bits per heavy atom. The molecule has 0 aliphatic rings. The lowest BCUT2D eigenvalue weighted by atomic mass is 10.1. The minimum Gasteiger partial charge on any atom is -0.370 e. The minimum atomic E-state index is -0.336. The van der Waals surface area contributed by atoms with E-state index in [1.807, 2.05) is 37.3 Å². The van der Waals surface area contributed by atoms with Crippen LogP contribution >= 0.6 is 0 Å². The summed E-state index contributed by atoms with van der Waals surface area (Å²) in [5.74, 6) is 0.0547. The number of rotatable bonds is 5. The van der Waals surface area contributed by atoms with Crippen molar-refractivity contribution in [3.63, 3.8) is 0 Å². The first-order chi connectivity index (χ1) is 6.75. The molecule has 0 aliphatic heterocycles. The molecule has 0 aliphatic carbocycles. The molecule has 0 heterocycles. The molecule has 0 radical (unpaired) electrons. The van der Waals surface area contributed by atoms with Gasteiger partial charge in [-0.1, -0.05) is 37.3 Å². The number of Topliss-reactive ketones (excluding diaryl/α,β-unsaturated/α-hetero) is 1. The van der Waals surface area contributed by atoms with Crippen LogP contribution in [0, 0.1) is 0 Å². The zero-order valence-corrected chi connectivity index (χ0v) is 8.69. The van der Waals surface area contributed by atoms with Crippen LogP contribution in [0.5, 0.6) is 0 Å². The molecule has 14 heavy (non-hydrogen) atoms. The molecule has 0 aromatic heterocycles. The highest BCUT2D eigenvalue weighted by atomic mass is 16.5. The van der Waals surface area contributed by atoms with Crippen LogP contribution in [-0.2, 0) is 4.74 Å². The number of ketones is 1. The average Bonchev–Trinajstić information content (AvgIpc) is 2.26. The van der Waals surface area contributed by atoms with Crippen molar-refractivity contribution in [1.82, 2.24) is 0 Å². The van der Waals surface area contributed by atoms with E-state index >= 15 is 0 Å². The van der Waals surface area contributed by atoms with Gasteiger partial charge in [-0.05, 0) is 13.3 Å². The van der Waals surface area contributed by atoms with Gasteiger partial charge >= 0.3 is 0 Å². The number of carbonyl (C=O) groups excluding carboxylic acids is 1. The van der Waals surface area contributed by atoms with E-state index in [2.05, 4.69) is 0 Å². The Hall–Kier alpha value is -1.15. The monoisotopic (exact) mass is 192 g/mol. The van der Waals surface area contributed by atoms with Gasteiger partial charge in [0.2, 0.25) is 0 Å². The van der Waals surface area contributed by atoms with Gasteiger partial charge in [-0.25, -0.2) is 0 Å². The van der Waals surface area contributed by atoms with E-state index in [4.69, 9.17) is 4.74 Å². The van der Waals surface area contributed by atoms with Gasteiger partial charge in [-0.15, -0.1) is 0 Å². The summed E-state index contributed by atoms with van der Waals surface area (Å²) in [6.45, 7) is 4.46. The summed E-state index contributed by atoms with van der Waals surface area (Å²) in [7, 11) is 0. The Morgan fingerprint density at radius 2 is 2.00 bits per heavy atom. The lowest BCUT2D eigenvalue weighted by Crippen LogP contribution is -2.21. The van der Waals surface area contributed by atoms with Crippen LogP contribution in [0.2, 0.25) is 0 Å². The van der Waals surface area contributed by atoms with Crippen LogP contribution in [0.25, 0.3) is 0 Å². The van der Waals surface area contributed by atoms with Crippen LogP contribution < -0.4 is 0 Å². The molecule has 2 nitrogen and oxygen atoms in total. The van der Waals surface area contributed by atoms with Crippen molar-refractivity contribution in [1.29, 1.82) is 0 Å². The summed E-state index contributed by atoms with van der Waals surface area (Å²) in [5, 5.41) is 0. The largest absolute Gasteiger partial charge is 0.370 e. The number of ether oxygens (including phenoxy) is 1. The summed E-state index contributed by atoms with van der Waals surface area (Å²) in [4.78, 5) is 11.7. The van der Waals surface area contributed by atoms with Crippen LogP contribution in [0.15, 0.2) is 30.3 Å². The zero-order chi connectivity index (χ0) is 10.4. The van der Waals surface area contributed by atoms with Gasteiger partial charge < -0.3 is 4.74 Å². The molecule has 0 bridgehead atoms. The van der Waals surface area contributed by atoms with Crippen LogP contribution in [0.1, 0.15) is 30.6 Å². The van der Waals surface area contributed by atoms with Crippen LogP contribution in [0.4, 0.5) is 0 Å². The van der Waals surface area contributed by atoms with E-state index in [0.717, 1.165) is 12.0 Å². The first-order valence-electron chi connectivity index (χ1n) is 4.96. The quantitative estimate of drug-likeness (QED) is 0.670. The molecule has 0 fully saturated rings.